The van der Waals surface area contributed by atoms with Crippen molar-refractivity contribution in [3.8, 4) is 11.3 Å². The molecular formula is C11H10ClN4O+. The van der Waals surface area contributed by atoms with Crippen molar-refractivity contribution in [2.45, 2.75) is 13.0 Å². The highest BCUT2D eigenvalue weighted by Gasteiger charge is 2.07. The van der Waals surface area contributed by atoms with E-state index >= 15 is 0 Å². The monoisotopic (exact) mass is 249 g/mol. The first-order chi connectivity index (χ1) is 8.25. The number of rotatable bonds is 4. The summed E-state index contributed by atoms with van der Waals surface area (Å²) in [6.45, 7) is 0.479. The maximum atomic E-state index is 10.6. The minimum absolute atomic E-state index is 0.270. The minimum atomic E-state index is -0.362. The highest BCUT2D eigenvalue weighted by molar-refractivity contribution is 6.63. The van der Waals surface area contributed by atoms with Gasteiger partial charge in [0.05, 0.1) is 12.1 Å². The quantitative estimate of drug-likeness (QED) is 0.599. The van der Waals surface area contributed by atoms with Gasteiger partial charge in [0.1, 0.15) is 12.5 Å². The zero-order chi connectivity index (χ0) is 12.1. The van der Waals surface area contributed by atoms with E-state index in [-0.39, 0.29) is 11.7 Å². The Morgan fingerprint density at radius 3 is 2.88 bits per heavy atom. The molecule has 0 aliphatic rings. The van der Waals surface area contributed by atoms with Crippen LogP contribution in [-0.2, 0) is 11.3 Å². The second kappa shape index (κ2) is 5.45. The third-order valence-corrected chi connectivity index (χ3v) is 2.38. The lowest BCUT2D eigenvalue weighted by Crippen LogP contribution is -2.37. The summed E-state index contributed by atoms with van der Waals surface area (Å²) in [6, 6.07) is 3.69. The van der Waals surface area contributed by atoms with Gasteiger partial charge in [-0.2, -0.15) is 0 Å². The fourth-order valence-corrected chi connectivity index (χ4v) is 1.42. The molecule has 2 rings (SSSR count). The lowest BCUT2D eigenvalue weighted by Gasteiger charge is -1.97. The molecule has 0 aliphatic carbocycles. The lowest BCUT2D eigenvalue weighted by molar-refractivity contribution is -0.752. The summed E-state index contributed by atoms with van der Waals surface area (Å²) in [5.41, 5.74) is 1.72. The summed E-state index contributed by atoms with van der Waals surface area (Å²) in [5.74, 6) is 0. The van der Waals surface area contributed by atoms with Gasteiger partial charge in [-0.25, -0.2) is 9.97 Å². The molecule has 0 radical (unpaired) electrons. The molecule has 2 aromatic heterocycles. The molecule has 0 saturated heterocycles. The number of carbonyl (C=O) groups is 1. The van der Waals surface area contributed by atoms with E-state index in [0.717, 1.165) is 11.3 Å². The van der Waals surface area contributed by atoms with Crippen LogP contribution in [0.1, 0.15) is 6.42 Å². The first-order valence-corrected chi connectivity index (χ1v) is 5.44. The van der Waals surface area contributed by atoms with E-state index < -0.39 is 0 Å². The van der Waals surface area contributed by atoms with Gasteiger partial charge in [-0.15, -0.1) is 0 Å². The molecule has 0 amide bonds. The van der Waals surface area contributed by atoms with Gasteiger partial charge in [-0.1, -0.05) is 4.68 Å². The summed E-state index contributed by atoms with van der Waals surface area (Å²) in [7, 11) is 0. The van der Waals surface area contributed by atoms with Gasteiger partial charge in [0.15, 0.2) is 12.7 Å². The summed E-state index contributed by atoms with van der Waals surface area (Å²) in [4.78, 5) is 18.6. The molecule has 5 nitrogen and oxygen atoms in total. The van der Waals surface area contributed by atoms with Crippen LogP contribution in [-0.4, -0.2) is 20.3 Å². The Kier molecular flexibility index (Phi) is 3.72. The van der Waals surface area contributed by atoms with Crippen molar-refractivity contribution in [3.05, 3.63) is 37.1 Å². The molecular weight excluding hydrogens is 240 g/mol. The van der Waals surface area contributed by atoms with Crippen molar-refractivity contribution in [2.75, 3.05) is 0 Å². The SMILES string of the molecule is O=C(Cl)CC[n+]1ccc(-c2ccncn2)cn1. The van der Waals surface area contributed by atoms with Crippen LogP contribution in [0.25, 0.3) is 11.3 Å². The summed E-state index contributed by atoms with van der Waals surface area (Å²) in [6.07, 6.45) is 6.92. The van der Waals surface area contributed by atoms with Gasteiger partial charge in [0, 0.05) is 17.8 Å². The molecule has 0 atom stereocenters. The molecule has 2 heterocycles. The van der Waals surface area contributed by atoms with Gasteiger partial charge in [0.25, 0.3) is 0 Å². The minimum Gasteiger partial charge on any atom is -0.281 e. The second-order valence-electron chi connectivity index (χ2n) is 3.38. The summed E-state index contributed by atoms with van der Waals surface area (Å²) < 4.78 is 1.66. The second-order valence-corrected chi connectivity index (χ2v) is 3.80. The number of halogens is 1. The molecule has 0 bridgehead atoms. The van der Waals surface area contributed by atoms with Crippen molar-refractivity contribution in [1.29, 1.82) is 0 Å². The van der Waals surface area contributed by atoms with Crippen LogP contribution in [0.3, 0.4) is 0 Å². The Hall–Kier alpha value is -1.88. The van der Waals surface area contributed by atoms with Crippen LogP contribution < -0.4 is 4.68 Å². The Morgan fingerprint density at radius 2 is 2.29 bits per heavy atom. The van der Waals surface area contributed by atoms with Gasteiger partial charge in [-0.3, -0.25) is 4.79 Å². The van der Waals surface area contributed by atoms with Gasteiger partial charge in [0.2, 0.25) is 5.24 Å². The third-order valence-electron chi connectivity index (χ3n) is 2.19. The van der Waals surface area contributed by atoms with Crippen molar-refractivity contribution in [1.82, 2.24) is 15.1 Å². The van der Waals surface area contributed by atoms with Crippen LogP contribution in [0.2, 0.25) is 0 Å². The topological polar surface area (TPSA) is 59.6 Å². The van der Waals surface area contributed by atoms with E-state index in [1.165, 1.54) is 6.33 Å². The fraction of sp³-hybridized carbons (Fsp3) is 0.182. The molecule has 0 aromatic carbocycles. The van der Waals surface area contributed by atoms with E-state index in [1.54, 1.807) is 23.3 Å². The highest BCUT2D eigenvalue weighted by atomic mass is 35.5. The van der Waals surface area contributed by atoms with E-state index in [0.29, 0.717) is 6.54 Å². The van der Waals surface area contributed by atoms with Crippen molar-refractivity contribution in [3.63, 3.8) is 0 Å². The van der Waals surface area contributed by atoms with Crippen LogP contribution in [0.4, 0.5) is 0 Å². The van der Waals surface area contributed by atoms with Crippen LogP contribution in [0, 0.1) is 0 Å². The zero-order valence-corrected chi connectivity index (χ0v) is 9.71. The number of hydrogen-bond acceptors (Lipinski definition) is 4. The normalized spacial score (nSPS) is 10.2. The molecule has 17 heavy (non-hydrogen) atoms. The van der Waals surface area contributed by atoms with Crippen molar-refractivity contribution >= 4 is 16.8 Å². The van der Waals surface area contributed by atoms with Gasteiger partial charge < -0.3 is 0 Å². The van der Waals surface area contributed by atoms with E-state index in [4.69, 9.17) is 11.6 Å². The molecule has 0 unspecified atom stereocenters. The standard InChI is InChI=1S/C11H10ClN4O/c12-11(17)3-6-16-5-2-9(7-15-16)10-1-4-13-8-14-10/h1-2,4-5,7-8H,3,6H2/q+1. The summed E-state index contributed by atoms with van der Waals surface area (Å²) >= 11 is 5.26. The van der Waals surface area contributed by atoms with E-state index in [2.05, 4.69) is 15.1 Å². The summed E-state index contributed by atoms with van der Waals surface area (Å²) in [5, 5.41) is 3.81. The lowest BCUT2D eigenvalue weighted by atomic mass is 10.2. The molecule has 0 spiro atoms. The molecule has 0 fully saturated rings. The smallest absolute Gasteiger partial charge is 0.228 e. The van der Waals surface area contributed by atoms with Crippen LogP contribution >= 0.6 is 11.6 Å². The Labute approximate surface area is 103 Å². The van der Waals surface area contributed by atoms with Crippen LogP contribution in [0.15, 0.2) is 37.1 Å². The number of carbonyl (C=O) groups excluding carboxylic acids is 1. The average molecular weight is 250 g/mol. The number of aryl methyl sites for hydroxylation is 1. The molecule has 6 heteroatoms. The molecule has 0 N–H and O–H groups in total. The molecule has 2 aromatic rings. The van der Waals surface area contributed by atoms with Gasteiger partial charge >= 0.3 is 0 Å². The van der Waals surface area contributed by atoms with Crippen molar-refractivity contribution in [2.24, 2.45) is 0 Å². The highest BCUT2D eigenvalue weighted by Crippen LogP contribution is 2.11. The predicted octanol–water partition coefficient (Wildman–Crippen LogP) is 0.982. The maximum absolute atomic E-state index is 10.6. The Bertz CT molecular complexity index is 501. The molecule has 86 valence electrons. The van der Waals surface area contributed by atoms with E-state index in [1.807, 2.05) is 12.1 Å². The number of aromatic nitrogens is 4. The van der Waals surface area contributed by atoms with Crippen LogP contribution in [0.5, 0.6) is 0 Å². The largest absolute Gasteiger partial charge is 0.281 e. The molecule has 0 aliphatic heterocycles. The number of hydrogen-bond donors (Lipinski definition) is 0. The first-order valence-electron chi connectivity index (χ1n) is 5.06. The third kappa shape index (κ3) is 3.29. The predicted molar refractivity (Wildman–Crippen MR) is 60.9 cm³/mol. The molecule has 0 saturated carbocycles. The Balaban J connectivity index is 2.11. The maximum Gasteiger partial charge on any atom is 0.228 e. The average Bonchev–Trinajstić information content (AvgIpc) is 2.38. The Morgan fingerprint density at radius 1 is 1.41 bits per heavy atom. The number of nitrogens with zero attached hydrogens (tertiary/aromatic N) is 4. The first kappa shape index (κ1) is 11.6. The van der Waals surface area contributed by atoms with E-state index in [9.17, 15) is 4.79 Å². The van der Waals surface area contributed by atoms with Gasteiger partial charge in [-0.05, 0) is 22.8 Å². The zero-order valence-electron chi connectivity index (χ0n) is 8.95. The fourth-order valence-electron chi connectivity index (χ4n) is 1.33. The van der Waals surface area contributed by atoms with Crippen molar-refractivity contribution < 1.29 is 9.48 Å².